The average molecular weight is 308 g/mol. The van der Waals surface area contributed by atoms with Gasteiger partial charge in [-0.2, -0.15) is 0 Å². The number of pyridine rings is 1. The number of aromatic nitrogens is 3. The zero-order chi connectivity index (χ0) is 15.2. The van der Waals surface area contributed by atoms with E-state index in [2.05, 4.69) is 20.5 Å². The zero-order valence-corrected chi connectivity index (χ0v) is 12.3. The third-order valence-corrected chi connectivity index (χ3v) is 3.68. The summed E-state index contributed by atoms with van der Waals surface area (Å²) in [4.78, 5) is 15.9. The van der Waals surface area contributed by atoms with Crippen molar-refractivity contribution in [2.45, 2.75) is 0 Å². The fourth-order valence-corrected chi connectivity index (χ4v) is 2.50. The first-order valence-electron chi connectivity index (χ1n) is 6.59. The van der Waals surface area contributed by atoms with Gasteiger partial charge < -0.3 is 0 Å². The van der Waals surface area contributed by atoms with Gasteiger partial charge >= 0.3 is 0 Å². The smallest absolute Gasteiger partial charge is 0.250 e. The molecule has 0 spiro atoms. The summed E-state index contributed by atoms with van der Waals surface area (Å²) in [6.45, 7) is 0. The van der Waals surface area contributed by atoms with Crippen LogP contribution in [0.4, 0.5) is 5.13 Å². The second-order valence-corrected chi connectivity index (χ2v) is 5.36. The molecule has 6 heteroatoms. The quantitative estimate of drug-likeness (QED) is 0.751. The van der Waals surface area contributed by atoms with Gasteiger partial charge in [-0.25, -0.2) is 0 Å². The third kappa shape index (κ3) is 3.62. The number of carbonyl (C=O) groups is 1. The van der Waals surface area contributed by atoms with Gasteiger partial charge in [0.25, 0.3) is 0 Å². The van der Waals surface area contributed by atoms with Crippen molar-refractivity contribution < 1.29 is 4.79 Å². The molecule has 2 heterocycles. The van der Waals surface area contributed by atoms with Gasteiger partial charge in [-0.15, -0.1) is 10.2 Å². The van der Waals surface area contributed by atoms with Gasteiger partial charge in [0.05, 0.1) is 0 Å². The molecule has 3 aromatic rings. The molecule has 1 N–H and O–H groups in total. The number of carbonyl (C=O) groups excluding carboxylic acids is 1. The summed E-state index contributed by atoms with van der Waals surface area (Å²) in [6, 6.07) is 13.3. The van der Waals surface area contributed by atoms with Crippen LogP contribution in [-0.4, -0.2) is 21.1 Å². The van der Waals surface area contributed by atoms with E-state index in [0.717, 1.165) is 16.1 Å². The molecule has 0 saturated heterocycles. The monoisotopic (exact) mass is 308 g/mol. The minimum absolute atomic E-state index is 0.238. The molecule has 0 bridgehead atoms. The fourth-order valence-electron chi connectivity index (χ4n) is 1.76. The van der Waals surface area contributed by atoms with Crippen molar-refractivity contribution in [2.75, 3.05) is 5.32 Å². The Hall–Kier alpha value is -2.86. The van der Waals surface area contributed by atoms with Crippen LogP contribution in [0.15, 0.2) is 60.9 Å². The van der Waals surface area contributed by atoms with E-state index in [0.29, 0.717) is 5.13 Å². The van der Waals surface area contributed by atoms with E-state index >= 15 is 0 Å². The Balaban J connectivity index is 1.65. The Labute approximate surface area is 131 Å². The van der Waals surface area contributed by atoms with Crippen molar-refractivity contribution in [1.29, 1.82) is 0 Å². The van der Waals surface area contributed by atoms with Crippen LogP contribution in [0.3, 0.4) is 0 Å². The van der Waals surface area contributed by atoms with E-state index in [1.165, 1.54) is 17.4 Å². The molecule has 0 aliphatic heterocycles. The number of anilines is 1. The van der Waals surface area contributed by atoms with Gasteiger partial charge in [-0.05, 0) is 23.8 Å². The second-order valence-electron chi connectivity index (χ2n) is 4.39. The summed E-state index contributed by atoms with van der Waals surface area (Å²) in [7, 11) is 0. The van der Waals surface area contributed by atoms with Crippen LogP contribution in [0.5, 0.6) is 0 Å². The van der Waals surface area contributed by atoms with E-state index in [-0.39, 0.29) is 5.91 Å². The lowest BCUT2D eigenvalue weighted by Crippen LogP contribution is -2.07. The predicted molar refractivity (Wildman–Crippen MR) is 87.2 cm³/mol. The van der Waals surface area contributed by atoms with Gasteiger partial charge in [0, 0.05) is 24.0 Å². The van der Waals surface area contributed by atoms with E-state index < -0.39 is 0 Å². The number of nitrogens with zero attached hydrogens (tertiary/aromatic N) is 3. The topological polar surface area (TPSA) is 67.8 Å². The summed E-state index contributed by atoms with van der Waals surface area (Å²) in [6.07, 6.45) is 6.63. The molecule has 5 nitrogen and oxygen atoms in total. The maximum atomic E-state index is 11.9. The lowest BCUT2D eigenvalue weighted by atomic mass is 10.2. The Morgan fingerprint density at radius 2 is 1.95 bits per heavy atom. The van der Waals surface area contributed by atoms with Gasteiger partial charge in [-0.3, -0.25) is 15.1 Å². The summed E-state index contributed by atoms with van der Waals surface area (Å²) >= 11 is 1.31. The number of amides is 1. The van der Waals surface area contributed by atoms with Gasteiger partial charge in [-0.1, -0.05) is 41.7 Å². The first-order chi connectivity index (χ1) is 10.8. The van der Waals surface area contributed by atoms with Crippen LogP contribution in [-0.2, 0) is 4.79 Å². The van der Waals surface area contributed by atoms with Crippen LogP contribution in [0, 0.1) is 0 Å². The van der Waals surface area contributed by atoms with Gasteiger partial charge in [0.2, 0.25) is 11.0 Å². The van der Waals surface area contributed by atoms with Crippen molar-refractivity contribution in [3.05, 3.63) is 66.5 Å². The highest BCUT2D eigenvalue weighted by atomic mass is 32.1. The lowest BCUT2D eigenvalue weighted by Gasteiger charge is -1.95. The highest BCUT2D eigenvalue weighted by Crippen LogP contribution is 2.25. The first-order valence-corrected chi connectivity index (χ1v) is 7.41. The van der Waals surface area contributed by atoms with E-state index in [4.69, 9.17) is 0 Å². The molecule has 0 radical (unpaired) electrons. The molecule has 0 atom stereocenters. The molecule has 108 valence electrons. The Morgan fingerprint density at radius 1 is 1.09 bits per heavy atom. The number of benzene rings is 1. The molecular formula is C16H12N4OS. The molecular weight excluding hydrogens is 296 g/mol. The van der Waals surface area contributed by atoms with Crippen LogP contribution < -0.4 is 5.32 Å². The summed E-state index contributed by atoms with van der Waals surface area (Å²) in [5.41, 5.74) is 1.84. The largest absolute Gasteiger partial charge is 0.297 e. The zero-order valence-electron chi connectivity index (χ0n) is 11.5. The summed E-state index contributed by atoms with van der Waals surface area (Å²) in [5, 5.41) is 11.9. The van der Waals surface area contributed by atoms with Crippen molar-refractivity contribution in [3.63, 3.8) is 0 Å². The van der Waals surface area contributed by atoms with Crippen LogP contribution in [0.1, 0.15) is 5.56 Å². The van der Waals surface area contributed by atoms with Crippen molar-refractivity contribution in [1.82, 2.24) is 15.2 Å². The van der Waals surface area contributed by atoms with Crippen LogP contribution >= 0.6 is 11.3 Å². The van der Waals surface area contributed by atoms with E-state index in [1.54, 1.807) is 18.5 Å². The number of nitrogens with one attached hydrogen (secondary N) is 1. The molecule has 22 heavy (non-hydrogen) atoms. The maximum Gasteiger partial charge on any atom is 0.250 e. The average Bonchev–Trinajstić information content (AvgIpc) is 3.03. The van der Waals surface area contributed by atoms with Crippen molar-refractivity contribution >= 4 is 28.5 Å². The highest BCUT2D eigenvalue weighted by molar-refractivity contribution is 7.18. The molecule has 1 aromatic carbocycles. The minimum atomic E-state index is -0.238. The molecule has 3 rings (SSSR count). The SMILES string of the molecule is O=C(/C=C/c1ccccc1)Nc1nnc(-c2cccnc2)s1. The molecule has 1 amide bonds. The molecule has 0 unspecified atom stereocenters. The molecule has 0 aliphatic rings. The second kappa shape index (κ2) is 6.73. The minimum Gasteiger partial charge on any atom is -0.297 e. The Morgan fingerprint density at radius 3 is 2.73 bits per heavy atom. The van der Waals surface area contributed by atoms with Crippen molar-refractivity contribution in [3.8, 4) is 10.6 Å². The highest BCUT2D eigenvalue weighted by Gasteiger charge is 2.08. The fraction of sp³-hybridized carbons (Fsp3) is 0. The molecule has 0 saturated carbocycles. The predicted octanol–water partition coefficient (Wildman–Crippen LogP) is 3.25. The summed E-state index contributed by atoms with van der Waals surface area (Å²) in [5.74, 6) is -0.238. The van der Waals surface area contributed by atoms with Crippen LogP contribution in [0.2, 0.25) is 0 Å². The first kappa shape index (κ1) is 14.1. The number of hydrogen-bond acceptors (Lipinski definition) is 5. The van der Waals surface area contributed by atoms with Gasteiger partial charge in [0.15, 0.2) is 5.01 Å². The standard InChI is InChI=1S/C16H12N4OS/c21-14(9-8-12-5-2-1-3-6-12)18-16-20-19-15(22-16)13-7-4-10-17-11-13/h1-11H,(H,18,20,21)/b9-8+. The normalized spacial score (nSPS) is 10.7. The molecule has 0 fully saturated rings. The maximum absolute atomic E-state index is 11.9. The summed E-state index contributed by atoms with van der Waals surface area (Å²) < 4.78 is 0. The number of hydrogen-bond donors (Lipinski definition) is 1. The van der Waals surface area contributed by atoms with Crippen molar-refractivity contribution in [2.24, 2.45) is 0 Å². The van der Waals surface area contributed by atoms with Gasteiger partial charge in [0.1, 0.15) is 0 Å². The van der Waals surface area contributed by atoms with Crippen LogP contribution in [0.25, 0.3) is 16.6 Å². The Bertz CT molecular complexity index is 784. The van der Waals surface area contributed by atoms with E-state index in [9.17, 15) is 4.79 Å². The molecule has 2 aromatic heterocycles. The lowest BCUT2D eigenvalue weighted by molar-refractivity contribution is -0.111. The Kier molecular flexibility index (Phi) is 4.31. The van der Waals surface area contributed by atoms with E-state index in [1.807, 2.05) is 42.5 Å². The number of rotatable bonds is 4. The third-order valence-electron chi connectivity index (χ3n) is 2.79. The molecule has 0 aliphatic carbocycles.